The zero-order valence-corrected chi connectivity index (χ0v) is 17.9. The summed E-state index contributed by atoms with van der Waals surface area (Å²) in [5, 5.41) is 27.8. The fourth-order valence-electron chi connectivity index (χ4n) is 3.05. The lowest BCUT2D eigenvalue weighted by molar-refractivity contribution is -0.384. The molecule has 2 aromatic carbocycles. The number of carboxylic acids is 1. The molecular formula is C19H18ClN5O4S. The Morgan fingerprint density at radius 2 is 1.90 bits per heavy atom. The highest BCUT2D eigenvalue weighted by atomic mass is 35.5. The number of carboxylic acid groups (broad SMARTS) is 1. The van der Waals surface area contributed by atoms with Crippen LogP contribution in [0.4, 0.5) is 11.4 Å². The first-order valence-electron chi connectivity index (χ1n) is 8.70. The van der Waals surface area contributed by atoms with Crippen LogP contribution >= 0.6 is 23.4 Å². The third kappa shape index (κ3) is 4.71. The number of halogens is 1. The second-order valence-electron chi connectivity index (χ2n) is 6.69. The zero-order valence-electron chi connectivity index (χ0n) is 16.3. The summed E-state index contributed by atoms with van der Waals surface area (Å²) in [5.74, 6) is -0.922. The number of non-ortho nitro benzene ring substituents is 1. The Kier molecular flexibility index (Phi) is 6.28. The van der Waals surface area contributed by atoms with E-state index in [1.54, 1.807) is 12.1 Å². The lowest BCUT2D eigenvalue weighted by atomic mass is 9.99. The van der Waals surface area contributed by atoms with Crippen LogP contribution in [-0.2, 0) is 4.79 Å². The maximum absolute atomic E-state index is 11.5. The van der Waals surface area contributed by atoms with Gasteiger partial charge in [0.25, 0.3) is 5.69 Å². The molecule has 156 valence electrons. The molecule has 2 N–H and O–H groups in total. The van der Waals surface area contributed by atoms with Crippen molar-refractivity contribution >= 4 is 40.7 Å². The van der Waals surface area contributed by atoms with Gasteiger partial charge in [-0.1, -0.05) is 23.4 Å². The monoisotopic (exact) mass is 447 g/mol. The van der Waals surface area contributed by atoms with Crippen LogP contribution in [0.25, 0.3) is 22.5 Å². The van der Waals surface area contributed by atoms with Crippen molar-refractivity contribution in [3.63, 3.8) is 0 Å². The van der Waals surface area contributed by atoms with E-state index in [-0.39, 0.29) is 17.3 Å². The molecule has 1 heterocycles. The number of nitrogens with zero attached hydrogens (tertiary/aromatic N) is 4. The van der Waals surface area contributed by atoms with Crippen molar-refractivity contribution in [1.82, 2.24) is 15.2 Å². The normalized spacial score (nSPS) is 10.8. The average Bonchev–Trinajstić information content (AvgIpc) is 3.14. The minimum Gasteiger partial charge on any atom is -0.481 e. The van der Waals surface area contributed by atoms with Crippen LogP contribution in [0, 0.1) is 17.0 Å². The van der Waals surface area contributed by atoms with E-state index in [1.165, 1.54) is 12.1 Å². The maximum Gasteiger partial charge on any atom is 0.313 e. The second kappa shape index (κ2) is 8.72. The van der Waals surface area contributed by atoms with Crippen molar-refractivity contribution in [3.8, 4) is 22.5 Å². The molecule has 3 rings (SSSR count). The van der Waals surface area contributed by atoms with Gasteiger partial charge < -0.3 is 10.0 Å². The van der Waals surface area contributed by atoms with Gasteiger partial charge in [0.2, 0.25) is 0 Å². The van der Waals surface area contributed by atoms with Gasteiger partial charge in [0, 0.05) is 31.8 Å². The third-order valence-electron chi connectivity index (χ3n) is 4.22. The number of H-pyrrole nitrogens is 1. The zero-order chi connectivity index (χ0) is 22.0. The minimum absolute atomic E-state index is 0.113. The number of anilines is 1. The summed E-state index contributed by atoms with van der Waals surface area (Å²) in [6.45, 7) is 1.92. The quantitative estimate of drug-likeness (QED) is 0.312. The number of thioether (sulfide) groups is 1. The highest BCUT2D eigenvalue weighted by Gasteiger charge is 2.17. The molecule has 3 aromatic rings. The number of aliphatic carboxylic acids is 1. The van der Waals surface area contributed by atoms with Crippen LogP contribution in [0.3, 0.4) is 0 Å². The molecule has 0 saturated heterocycles. The Morgan fingerprint density at radius 3 is 2.50 bits per heavy atom. The number of nitrogens with one attached hydrogen (secondary N) is 1. The van der Waals surface area contributed by atoms with E-state index < -0.39 is 10.9 Å². The van der Waals surface area contributed by atoms with E-state index in [1.807, 2.05) is 32.0 Å². The van der Waals surface area contributed by atoms with Crippen LogP contribution in [0.2, 0.25) is 5.02 Å². The van der Waals surface area contributed by atoms with Crippen LogP contribution in [0.1, 0.15) is 5.56 Å². The Hall–Kier alpha value is -3.11. The van der Waals surface area contributed by atoms with Crippen molar-refractivity contribution in [1.29, 1.82) is 0 Å². The molecular weight excluding hydrogens is 430 g/mol. The first kappa shape index (κ1) is 21.6. The number of aryl methyl sites for hydroxylation is 1. The molecule has 0 atom stereocenters. The maximum atomic E-state index is 11.5. The van der Waals surface area contributed by atoms with Gasteiger partial charge in [-0.25, -0.2) is 4.98 Å². The van der Waals surface area contributed by atoms with E-state index >= 15 is 0 Å². The predicted molar refractivity (Wildman–Crippen MR) is 116 cm³/mol. The number of hydrogen-bond acceptors (Lipinski definition) is 7. The topological polar surface area (TPSA) is 125 Å². The van der Waals surface area contributed by atoms with Gasteiger partial charge in [-0.2, -0.15) is 5.10 Å². The van der Waals surface area contributed by atoms with Crippen molar-refractivity contribution in [2.45, 2.75) is 12.1 Å². The number of benzene rings is 2. The summed E-state index contributed by atoms with van der Waals surface area (Å²) in [6.07, 6.45) is 0. The Morgan fingerprint density at radius 1 is 1.23 bits per heavy atom. The first-order chi connectivity index (χ1) is 14.2. The largest absolute Gasteiger partial charge is 0.481 e. The van der Waals surface area contributed by atoms with E-state index in [9.17, 15) is 14.9 Å². The highest BCUT2D eigenvalue weighted by molar-refractivity contribution is 7.99. The smallest absolute Gasteiger partial charge is 0.313 e. The van der Waals surface area contributed by atoms with E-state index in [2.05, 4.69) is 15.2 Å². The molecule has 9 nitrogen and oxygen atoms in total. The van der Waals surface area contributed by atoms with Crippen molar-refractivity contribution in [2.75, 3.05) is 24.7 Å². The average molecular weight is 448 g/mol. The number of aromatic amines is 1. The van der Waals surface area contributed by atoms with Crippen LogP contribution < -0.4 is 4.90 Å². The molecule has 0 fully saturated rings. The summed E-state index contributed by atoms with van der Waals surface area (Å²) in [6, 6.07) is 8.26. The molecule has 1 aromatic heterocycles. The van der Waals surface area contributed by atoms with Crippen LogP contribution in [-0.4, -0.2) is 51.0 Å². The number of carbonyl (C=O) groups is 1. The molecule has 0 saturated carbocycles. The molecule has 0 radical (unpaired) electrons. The van der Waals surface area contributed by atoms with Crippen molar-refractivity contribution in [3.05, 3.63) is 51.0 Å². The van der Waals surface area contributed by atoms with Crippen LogP contribution in [0.5, 0.6) is 0 Å². The summed E-state index contributed by atoms with van der Waals surface area (Å²) in [5.41, 5.74) is 3.45. The van der Waals surface area contributed by atoms with Crippen molar-refractivity contribution < 1.29 is 14.8 Å². The van der Waals surface area contributed by atoms with Gasteiger partial charge in [0.15, 0.2) is 11.0 Å². The number of aromatic nitrogens is 3. The number of nitro benzene ring substituents is 1. The number of hydrogen-bond donors (Lipinski definition) is 2. The Balaban J connectivity index is 2.06. The SMILES string of the molecule is Cc1cc(-c2cc(-c3n[nH]c(SCC(=O)O)n3)cc([N+](=O)[O-])c2)cc(Cl)c1N(C)C. The molecule has 0 aliphatic heterocycles. The Bertz CT molecular complexity index is 1110. The number of nitro groups is 1. The number of rotatable bonds is 7. The van der Waals surface area contributed by atoms with Gasteiger partial charge >= 0.3 is 5.97 Å². The van der Waals surface area contributed by atoms with Crippen molar-refractivity contribution in [2.24, 2.45) is 0 Å². The molecule has 11 heteroatoms. The lowest BCUT2D eigenvalue weighted by Gasteiger charge is -2.18. The fourth-order valence-corrected chi connectivity index (χ4v) is 4.01. The van der Waals surface area contributed by atoms with Gasteiger partial charge in [0.05, 0.1) is 21.4 Å². The molecule has 0 aliphatic rings. The highest BCUT2D eigenvalue weighted by Crippen LogP contribution is 2.36. The second-order valence-corrected chi connectivity index (χ2v) is 8.06. The van der Waals surface area contributed by atoms with E-state index in [4.69, 9.17) is 16.7 Å². The van der Waals surface area contributed by atoms with Crippen LogP contribution in [0.15, 0.2) is 35.5 Å². The standard InChI is InChI=1S/C19H18ClN5O4S/c1-10-4-11(8-15(20)17(10)24(2)3)12-5-13(7-14(6-12)25(28)29)18-21-19(23-22-18)30-9-16(26)27/h4-8H,9H2,1-3H3,(H,26,27)(H,21,22,23). The summed E-state index contributed by atoms with van der Waals surface area (Å²) < 4.78 is 0. The molecule has 0 unspecified atom stereocenters. The minimum atomic E-state index is -0.982. The van der Waals surface area contributed by atoms with Gasteiger partial charge in [-0.3, -0.25) is 20.0 Å². The predicted octanol–water partition coefficient (Wildman–Crippen LogP) is 4.25. The molecule has 0 spiro atoms. The molecule has 0 aliphatic carbocycles. The Labute approximate surface area is 181 Å². The van der Waals surface area contributed by atoms with E-state index in [0.29, 0.717) is 21.3 Å². The van der Waals surface area contributed by atoms with Gasteiger partial charge in [-0.05, 0) is 41.8 Å². The third-order valence-corrected chi connectivity index (χ3v) is 5.35. The molecule has 0 amide bonds. The summed E-state index contributed by atoms with van der Waals surface area (Å²) in [4.78, 5) is 27.9. The van der Waals surface area contributed by atoms with Gasteiger partial charge in [0.1, 0.15) is 0 Å². The lowest BCUT2D eigenvalue weighted by Crippen LogP contribution is -2.11. The summed E-state index contributed by atoms with van der Waals surface area (Å²) >= 11 is 7.42. The fraction of sp³-hybridized carbons (Fsp3) is 0.211. The molecule has 30 heavy (non-hydrogen) atoms. The first-order valence-corrected chi connectivity index (χ1v) is 10.1. The summed E-state index contributed by atoms with van der Waals surface area (Å²) in [7, 11) is 3.78. The molecule has 0 bridgehead atoms. The van der Waals surface area contributed by atoms with E-state index in [0.717, 1.165) is 28.6 Å². The van der Waals surface area contributed by atoms with Gasteiger partial charge in [-0.15, -0.1) is 0 Å².